The zero-order chi connectivity index (χ0) is 24.5. The van der Waals surface area contributed by atoms with Crippen molar-refractivity contribution in [1.82, 2.24) is 14.9 Å². The van der Waals surface area contributed by atoms with Crippen molar-refractivity contribution < 1.29 is 14.3 Å². The van der Waals surface area contributed by atoms with Crippen LogP contribution >= 0.6 is 11.8 Å². The van der Waals surface area contributed by atoms with Crippen LogP contribution in [0.3, 0.4) is 0 Å². The highest BCUT2D eigenvalue weighted by Gasteiger charge is 2.29. The Bertz CT molecular complexity index is 984. The average molecular weight is 485 g/mol. The molecule has 3 rings (SSSR count). The first-order chi connectivity index (χ1) is 16.4. The molecular formula is C26H36N4O3S. The van der Waals surface area contributed by atoms with E-state index in [1.54, 1.807) is 23.6 Å². The summed E-state index contributed by atoms with van der Waals surface area (Å²) in [6.07, 6.45) is 3.49. The zero-order valence-corrected chi connectivity index (χ0v) is 21.6. The Labute approximate surface area is 207 Å². The van der Waals surface area contributed by atoms with Crippen molar-refractivity contribution in [3.05, 3.63) is 47.2 Å². The number of carbonyl (C=O) groups excluding carboxylic acids is 2. The van der Waals surface area contributed by atoms with Crippen LogP contribution in [-0.4, -0.2) is 60.0 Å². The van der Waals surface area contributed by atoms with Gasteiger partial charge in [0.1, 0.15) is 5.82 Å². The topological polar surface area (TPSA) is 75.6 Å². The van der Waals surface area contributed by atoms with Gasteiger partial charge in [-0.05, 0) is 50.3 Å². The molecule has 8 heteroatoms. The summed E-state index contributed by atoms with van der Waals surface area (Å²) >= 11 is 1.58. The number of nitrogens with zero attached hydrogens (tertiary/aromatic N) is 4. The van der Waals surface area contributed by atoms with E-state index < -0.39 is 0 Å². The summed E-state index contributed by atoms with van der Waals surface area (Å²) < 4.78 is 5.17. The fourth-order valence-electron chi connectivity index (χ4n) is 4.09. The zero-order valence-electron chi connectivity index (χ0n) is 20.7. The van der Waals surface area contributed by atoms with Crippen molar-refractivity contribution in [3.8, 4) is 0 Å². The molecular weight excluding hydrogens is 448 g/mol. The van der Waals surface area contributed by atoms with Crippen LogP contribution in [0.15, 0.2) is 35.5 Å². The number of piperidine rings is 1. The maximum absolute atomic E-state index is 13.2. The summed E-state index contributed by atoms with van der Waals surface area (Å²) in [6.45, 7) is 8.46. The lowest BCUT2D eigenvalue weighted by Crippen LogP contribution is -2.42. The number of anilines is 1. The maximum atomic E-state index is 13.2. The SMILES string of the molecule is CCCN(C)c1cc(CC)nc(SCc2cccc(C(=O)N3CCC[C@H](C(=O)OCC)C3)c2)n1. The molecule has 7 nitrogen and oxygen atoms in total. The number of ether oxygens (including phenoxy) is 1. The van der Waals surface area contributed by atoms with Gasteiger partial charge in [0.25, 0.3) is 5.91 Å². The lowest BCUT2D eigenvalue weighted by Gasteiger charge is -2.31. The molecule has 2 aromatic rings. The first kappa shape index (κ1) is 26.0. The van der Waals surface area contributed by atoms with Crippen molar-refractivity contribution in [2.24, 2.45) is 5.92 Å². The van der Waals surface area contributed by atoms with E-state index in [2.05, 4.69) is 36.8 Å². The second-order valence-electron chi connectivity index (χ2n) is 8.61. The molecule has 184 valence electrons. The number of aryl methyl sites for hydroxylation is 1. The van der Waals surface area contributed by atoms with E-state index in [4.69, 9.17) is 9.72 Å². The first-order valence-corrected chi connectivity index (χ1v) is 13.2. The summed E-state index contributed by atoms with van der Waals surface area (Å²) in [5, 5.41) is 0.752. The highest BCUT2D eigenvalue weighted by atomic mass is 32.2. The molecule has 0 unspecified atom stereocenters. The standard InChI is InChI=1S/C26H36N4O3S/c1-5-13-29(4)23-16-22(6-2)27-26(28-23)34-18-19-10-8-11-20(15-19)24(31)30-14-9-12-21(17-30)25(32)33-7-3/h8,10-11,15-16,21H,5-7,9,12-14,17-18H2,1-4H3/t21-/m0/s1. The maximum Gasteiger partial charge on any atom is 0.310 e. The van der Waals surface area contributed by atoms with Crippen LogP contribution in [0.5, 0.6) is 0 Å². The fraction of sp³-hybridized carbons (Fsp3) is 0.538. The number of hydrogen-bond donors (Lipinski definition) is 0. The molecule has 34 heavy (non-hydrogen) atoms. The average Bonchev–Trinajstić information content (AvgIpc) is 2.87. The minimum atomic E-state index is -0.237. The van der Waals surface area contributed by atoms with Crippen molar-refractivity contribution in [2.75, 3.05) is 38.2 Å². The normalized spacial score (nSPS) is 15.8. The molecule has 0 spiro atoms. The smallest absolute Gasteiger partial charge is 0.310 e. The first-order valence-electron chi connectivity index (χ1n) is 12.2. The fourth-order valence-corrected chi connectivity index (χ4v) is 4.90. The molecule has 0 aliphatic carbocycles. The molecule has 1 aromatic carbocycles. The molecule has 0 saturated carbocycles. The van der Waals surface area contributed by atoms with Crippen LogP contribution in [0.4, 0.5) is 5.82 Å². The molecule has 0 bridgehead atoms. The monoisotopic (exact) mass is 484 g/mol. The number of likely N-dealkylation sites (tertiary alicyclic amines) is 1. The third-order valence-electron chi connectivity index (χ3n) is 5.93. The van der Waals surface area contributed by atoms with Crippen LogP contribution in [0.2, 0.25) is 0 Å². The third-order valence-corrected chi connectivity index (χ3v) is 6.85. The van der Waals surface area contributed by atoms with Gasteiger partial charge in [0.2, 0.25) is 0 Å². The van der Waals surface area contributed by atoms with Crippen LogP contribution < -0.4 is 4.90 Å². The Morgan fingerprint density at radius 1 is 1.21 bits per heavy atom. The Balaban J connectivity index is 1.67. The molecule has 1 aliphatic heterocycles. The van der Waals surface area contributed by atoms with Crippen molar-refractivity contribution >= 4 is 29.5 Å². The number of rotatable bonds is 10. The number of aromatic nitrogens is 2. The Morgan fingerprint density at radius 3 is 2.76 bits per heavy atom. The number of benzene rings is 1. The van der Waals surface area contributed by atoms with Crippen LogP contribution in [0, 0.1) is 5.92 Å². The van der Waals surface area contributed by atoms with E-state index >= 15 is 0 Å². The van der Waals surface area contributed by atoms with Gasteiger partial charge in [-0.1, -0.05) is 37.7 Å². The predicted molar refractivity (Wildman–Crippen MR) is 136 cm³/mol. The van der Waals surface area contributed by atoms with E-state index in [0.717, 1.165) is 54.5 Å². The summed E-state index contributed by atoms with van der Waals surface area (Å²) in [5.74, 6) is 1.15. The van der Waals surface area contributed by atoms with Crippen LogP contribution in [0.25, 0.3) is 0 Å². The van der Waals surface area contributed by atoms with Crippen molar-refractivity contribution in [1.29, 1.82) is 0 Å². The second kappa shape index (κ2) is 12.7. The number of hydrogen-bond acceptors (Lipinski definition) is 7. The molecule has 0 radical (unpaired) electrons. The largest absolute Gasteiger partial charge is 0.466 e. The van der Waals surface area contributed by atoms with Gasteiger partial charge in [0, 0.05) is 49.8 Å². The minimum absolute atomic E-state index is 0.0337. The molecule has 1 atom stereocenters. The lowest BCUT2D eigenvalue weighted by molar-refractivity contribution is -0.149. The van der Waals surface area contributed by atoms with Crippen molar-refractivity contribution in [3.63, 3.8) is 0 Å². The van der Waals surface area contributed by atoms with Gasteiger partial charge in [-0.2, -0.15) is 0 Å². The molecule has 1 aromatic heterocycles. The second-order valence-corrected chi connectivity index (χ2v) is 9.55. The van der Waals surface area contributed by atoms with E-state index in [1.807, 2.05) is 24.3 Å². The summed E-state index contributed by atoms with van der Waals surface area (Å²) in [6, 6.07) is 9.78. The molecule has 1 saturated heterocycles. The van der Waals surface area contributed by atoms with E-state index in [0.29, 0.717) is 31.0 Å². The summed E-state index contributed by atoms with van der Waals surface area (Å²) in [7, 11) is 2.06. The Kier molecular flexibility index (Phi) is 9.74. The summed E-state index contributed by atoms with van der Waals surface area (Å²) in [4.78, 5) is 38.7. The highest BCUT2D eigenvalue weighted by molar-refractivity contribution is 7.98. The minimum Gasteiger partial charge on any atom is -0.466 e. The molecule has 2 heterocycles. The van der Waals surface area contributed by atoms with Crippen LogP contribution in [0.1, 0.15) is 61.6 Å². The van der Waals surface area contributed by atoms with Gasteiger partial charge in [0.05, 0.1) is 12.5 Å². The number of carbonyl (C=O) groups is 2. The molecule has 1 aliphatic rings. The van der Waals surface area contributed by atoms with Crippen LogP contribution in [-0.2, 0) is 21.7 Å². The van der Waals surface area contributed by atoms with Crippen molar-refractivity contribution in [2.45, 2.75) is 57.4 Å². The van der Waals surface area contributed by atoms with E-state index in [1.165, 1.54) is 0 Å². The van der Waals surface area contributed by atoms with Gasteiger partial charge in [-0.3, -0.25) is 9.59 Å². The number of esters is 1. The third kappa shape index (κ3) is 6.95. The van der Waals surface area contributed by atoms with Gasteiger partial charge in [-0.25, -0.2) is 9.97 Å². The molecule has 1 fully saturated rings. The Morgan fingerprint density at radius 2 is 2.03 bits per heavy atom. The van der Waals surface area contributed by atoms with Gasteiger partial charge >= 0.3 is 5.97 Å². The summed E-state index contributed by atoms with van der Waals surface area (Å²) in [5.41, 5.74) is 2.72. The van der Waals surface area contributed by atoms with E-state index in [9.17, 15) is 9.59 Å². The van der Waals surface area contributed by atoms with Gasteiger partial charge < -0.3 is 14.5 Å². The highest BCUT2D eigenvalue weighted by Crippen LogP contribution is 2.25. The number of thioether (sulfide) groups is 1. The Hall–Kier alpha value is -2.61. The van der Waals surface area contributed by atoms with E-state index in [-0.39, 0.29) is 17.8 Å². The number of amides is 1. The van der Waals surface area contributed by atoms with Gasteiger partial charge in [-0.15, -0.1) is 0 Å². The molecule has 0 N–H and O–H groups in total. The lowest BCUT2D eigenvalue weighted by atomic mass is 9.97. The quantitative estimate of drug-likeness (QED) is 0.277. The molecule has 1 amide bonds. The van der Waals surface area contributed by atoms with Gasteiger partial charge in [0.15, 0.2) is 5.16 Å². The predicted octanol–water partition coefficient (Wildman–Crippen LogP) is 4.59.